The van der Waals surface area contributed by atoms with Gasteiger partial charge in [0.25, 0.3) is 10.0 Å². The number of anilines is 2. The minimum Gasteiger partial charge on any atom is -0.349 e. The summed E-state index contributed by atoms with van der Waals surface area (Å²) in [7, 11) is -1.76. The second-order valence-corrected chi connectivity index (χ2v) is 9.02. The van der Waals surface area contributed by atoms with Crippen molar-refractivity contribution in [2.75, 3.05) is 22.3 Å². The Bertz CT molecular complexity index is 1060. The summed E-state index contributed by atoms with van der Waals surface area (Å²) in [5.41, 5.74) is 1.81. The molecule has 1 aliphatic rings. The fourth-order valence-corrected chi connectivity index (χ4v) is 5.33. The van der Waals surface area contributed by atoms with Crippen LogP contribution in [0.1, 0.15) is 31.4 Å². The highest BCUT2D eigenvalue weighted by Crippen LogP contribution is 2.35. The van der Waals surface area contributed by atoms with E-state index in [9.17, 15) is 8.42 Å². The van der Waals surface area contributed by atoms with Gasteiger partial charge in [-0.2, -0.15) is 5.10 Å². The molecule has 3 aromatic rings. The zero-order valence-corrected chi connectivity index (χ0v) is 17.5. The van der Waals surface area contributed by atoms with Crippen LogP contribution >= 0.6 is 0 Å². The first-order valence-electron chi connectivity index (χ1n) is 9.79. The van der Waals surface area contributed by atoms with Crippen molar-refractivity contribution >= 4 is 21.5 Å². The normalized spacial score (nSPS) is 16.9. The summed E-state index contributed by atoms with van der Waals surface area (Å²) in [4.78, 5) is 6.94. The Hall–Kier alpha value is -2.87. The van der Waals surface area contributed by atoms with Crippen LogP contribution in [0.5, 0.6) is 0 Å². The molecule has 152 valence electrons. The molecule has 1 saturated heterocycles. The molecular formula is C21H25N5O2S. The van der Waals surface area contributed by atoms with Crippen LogP contribution in [0.2, 0.25) is 0 Å². The number of hydrogen-bond acceptors (Lipinski definition) is 5. The Balaban J connectivity index is 1.60. The average molecular weight is 412 g/mol. The molecule has 0 radical (unpaired) electrons. The predicted molar refractivity (Wildman–Crippen MR) is 113 cm³/mol. The molecule has 0 spiro atoms. The van der Waals surface area contributed by atoms with Crippen LogP contribution in [0.4, 0.5) is 11.5 Å². The Morgan fingerprint density at radius 2 is 1.93 bits per heavy atom. The lowest BCUT2D eigenvalue weighted by atomic mass is 10.1. The van der Waals surface area contributed by atoms with Gasteiger partial charge in [0.1, 0.15) is 10.7 Å². The van der Waals surface area contributed by atoms with E-state index in [1.165, 1.54) is 10.5 Å². The predicted octanol–water partition coefficient (Wildman–Crippen LogP) is 3.37. The third kappa shape index (κ3) is 3.72. The van der Waals surface area contributed by atoms with Crippen molar-refractivity contribution in [3.63, 3.8) is 0 Å². The fourth-order valence-electron chi connectivity index (χ4n) is 3.91. The number of hydrogen-bond donors (Lipinski definition) is 0. The molecule has 1 unspecified atom stereocenters. The van der Waals surface area contributed by atoms with Gasteiger partial charge in [0.15, 0.2) is 0 Å². The molecule has 29 heavy (non-hydrogen) atoms. The molecule has 0 bridgehead atoms. The van der Waals surface area contributed by atoms with Gasteiger partial charge in [-0.15, -0.1) is 0 Å². The molecule has 0 saturated carbocycles. The first-order chi connectivity index (χ1) is 14.0. The first kappa shape index (κ1) is 19.4. The summed E-state index contributed by atoms with van der Waals surface area (Å²) < 4.78 is 29.5. The minimum absolute atomic E-state index is 0.198. The van der Waals surface area contributed by atoms with Gasteiger partial charge in [-0.3, -0.25) is 8.99 Å². The lowest BCUT2D eigenvalue weighted by Gasteiger charge is -2.26. The molecule has 2 aromatic heterocycles. The number of rotatable bonds is 6. The fraction of sp³-hybridized carbons (Fsp3) is 0.333. The van der Waals surface area contributed by atoms with Crippen LogP contribution in [-0.4, -0.2) is 36.3 Å². The van der Waals surface area contributed by atoms with E-state index in [2.05, 4.69) is 15.0 Å². The van der Waals surface area contributed by atoms with Gasteiger partial charge in [-0.05, 0) is 44.0 Å². The van der Waals surface area contributed by atoms with Crippen LogP contribution in [0.25, 0.3) is 0 Å². The summed E-state index contributed by atoms with van der Waals surface area (Å²) in [5.74, 6) is 0.790. The van der Waals surface area contributed by atoms with Crippen molar-refractivity contribution in [3.05, 3.63) is 66.6 Å². The average Bonchev–Trinajstić information content (AvgIpc) is 3.38. The molecule has 1 atom stereocenters. The maximum Gasteiger partial charge on any atom is 0.265 e. The zero-order valence-electron chi connectivity index (χ0n) is 16.6. The van der Waals surface area contributed by atoms with E-state index in [1.54, 1.807) is 28.9 Å². The molecule has 1 aliphatic heterocycles. The van der Waals surface area contributed by atoms with Gasteiger partial charge >= 0.3 is 0 Å². The zero-order chi connectivity index (χ0) is 20.4. The summed E-state index contributed by atoms with van der Waals surface area (Å²) in [6, 6.07) is 12.8. The van der Waals surface area contributed by atoms with Gasteiger partial charge < -0.3 is 4.90 Å². The lowest BCUT2D eigenvalue weighted by molar-refractivity contribution is 0.591. The number of aromatic nitrogens is 3. The molecule has 4 rings (SSSR count). The highest BCUT2D eigenvalue weighted by atomic mass is 32.2. The van der Waals surface area contributed by atoms with Crippen molar-refractivity contribution in [1.82, 2.24) is 14.8 Å². The van der Waals surface area contributed by atoms with Gasteiger partial charge in [0.2, 0.25) is 0 Å². The Morgan fingerprint density at radius 1 is 1.14 bits per heavy atom. The Labute approximate surface area is 171 Å². The highest BCUT2D eigenvalue weighted by Gasteiger charge is 2.29. The summed E-state index contributed by atoms with van der Waals surface area (Å²) in [5, 5.41) is 4.28. The van der Waals surface area contributed by atoms with E-state index in [4.69, 9.17) is 0 Å². The highest BCUT2D eigenvalue weighted by molar-refractivity contribution is 7.92. The van der Waals surface area contributed by atoms with Gasteiger partial charge in [-0.1, -0.05) is 18.2 Å². The van der Waals surface area contributed by atoms with Crippen molar-refractivity contribution in [2.45, 2.75) is 30.7 Å². The molecule has 0 N–H and O–H groups in total. The topological polar surface area (TPSA) is 71.3 Å². The summed E-state index contributed by atoms with van der Waals surface area (Å²) in [6.45, 7) is 3.07. The Kier molecular flexibility index (Phi) is 5.27. The van der Waals surface area contributed by atoms with Gasteiger partial charge in [-0.25, -0.2) is 13.4 Å². The number of pyridine rings is 1. The van der Waals surface area contributed by atoms with E-state index in [0.29, 0.717) is 12.2 Å². The van der Waals surface area contributed by atoms with E-state index in [1.807, 2.05) is 44.6 Å². The maximum absolute atomic E-state index is 13.1. The molecular weight excluding hydrogens is 386 g/mol. The molecule has 0 amide bonds. The minimum atomic E-state index is -3.67. The molecule has 8 heteroatoms. The number of para-hydroxylation sites is 1. The van der Waals surface area contributed by atoms with Crippen molar-refractivity contribution in [1.29, 1.82) is 0 Å². The van der Waals surface area contributed by atoms with Crippen molar-refractivity contribution < 1.29 is 8.42 Å². The second kappa shape index (κ2) is 7.87. The quantitative estimate of drug-likeness (QED) is 0.622. The number of aryl methyl sites for hydroxylation is 1. The largest absolute Gasteiger partial charge is 0.349 e. The van der Waals surface area contributed by atoms with Crippen molar-refractivity contribution in [2.24, 2.45) is 7.05 Å². The molecule has 1 fully saturated rings. The van der Waals surface area contributed by atoms with E-state index in [0.717, 1.165) is 30.8 Å². The monoisotopic (exact) mass is 411 g/mol. The van der Waals surface area contributed by atoms with Crippen molar-refractivity contribution in [3.8, 4) is 0 Å². The van der Waals surface area contributed by atoms with Crippen LogP contribution in [-0.2, 0) is 17.1 Å². The van der Waals surface area contributed by atoms with Crippen LogP contribution in [0.3, 0.4) is 0 Å². The SMILES string of the molecule is CCN(c1ccccc1)S(=O)(=O)c1ccc(N2CCCC2c2cnn(C)c2)nc1. The number of sulfonamides is 1. The summed E-state index contributed by atoms with van der Waals surface area (Å²) >= 11 is 0. The Morgan fingerprint density at radius 3 is 2.55 bits per heavy atom. The van der Waals surface area contributed by atoms with Crippen LogP contribution in [0.15, 0.2) is 66.0 Å². The second-order valence-electron chi connectivity index (χ2n) is 7.16. The number of benzene rings is 1. The lowest BCUT2D eigenvalue weighted by Crippen LogP contribution is -2.31. The van der Waals surface area contributed by atoms with Gasteiger partial charge in [0.05, 0.1) is 17.9 Å². The molecule has 3 heterocycles. The van der Waals surface area contributed by atoms with E-state index >= 15 is 0 Å². The molecule has 0 aliphatic carbocycles. The summed E-state index contributed by atoms with van der Waals surface area (Å²) in [6.07, 6.45) is 7.49. The molecule has 7 nitrogen and oxygen atoms in total. The smallest absolute Gasteiger partial charge is 0.265 e. The third-order valence-corrected chi connectivity index (χ3v) is 7.18. The molecule has 1 aromatic carbocycles. The van der Waals surface area contributed by atoms with Crippen LogP contribution in [0, 0.1) is 0 Å². The van der Waals surface area contributed by atoms with E-state index < -0.39 is 10.0 Å². The standard InChI is InChI=1S/C21H25N5O2S/c1-3-26(18-8-5-4-6-9-18)29(27,28)19-11-12-21(22-15-19)25-13-7-10-20(25)17-14-23-24(2)16-17/h4-6,8-9,11-12,14-16,20H,3,7,10,13H2,1-2H3. The third-order valence-electron chi connectivity index (χ3n) is 5.30. The van der Waals surface area contributed by atoms with Gasteiger partial charge in [0, 0.05) is 38.1 Å². The first-order valence-corrected chi connectivity index (χ1v) is 11.2. The number of nitrogens with zero attached hydrogens (tertiary/aromatic N) is 5. The van der Waals surface area contributed by atoms with Crippen LogP contribution < -0.4 is 9.21 Å². The van der Waals surface area contributed by atoms with E-state index in [-0.39, 0.29) is 10.9 Å². The maximum atomic E-state index is 13.1.